The van der Waals surface area contributed by atoms with Crippen LogP contribution in [0, 0.1) is 6.92 Å². The van der Waals surface area contributed by atoms with E-state index in [4.69, 9.17) is 11.6 Å². The minimum Gasteiger partial charge on any atom is -0.293 e. The van der Waals surface area contributed by atoms with Gasteiger partial charge in [-0.2, -0.15) is 0 Å². The van der Waals surface area contributed by atoms with Crippen LogP contribution >= 0.6 is 22.9 Å². The lowest BCUT2D eigenvalue weighted by molar-refractivity contribution is 0.153. The quantitative estimate of drug-likeness (QED) is 0.760. The molecule has 2 rings (SSSR count). The highest BCUT2D eigenvalue weighted by atomic mass is 35.5. The second-order valence-corrected chi connectivity index (χ2v) is 5.50. The highest BCUT2D eigenvalue weighted by Crippen LogP contribution is 2.21. The van der Waals surface area contributed by atoms with Gasteiger partial charge in [0.2, 0.25) is 0 Å². The van der Waals surface area contributed by atoms with E-state index in [1.807, 2.05) is 0 Å². The van der Waals surface area contributed by atoms with E-state index in [-0.39, 0.29) is 0 Å². The maximum Gasteiger partial charge on any atom is 0.0897 e. The molecule has 1 aliphatic heterocycles. The molecule has 0 saturated carbocycles. The van der Waals surface area contributed by atoms with Crippen LogP contribution in [0.3, 0.4) is 0 Å². The molecular formula is C11H17ClN2S. The third-order valence-electron chi connectivity index (χ3n) is 2.96. The third-order valence-corrected chi connectivity index (χ3v) is 4.14. The molecule has 1 fully saturated rings. The Morgan fingerprint density at radius 2 is 2.47 bits per heavy atom. The van der Waals surface area contributed by atoms with E-state index in [1.165, 1.54) is 31.5 Å². The molecule has 1 saturated heterocycles. The molecule has 1 aromatic heterocycles. The Bertz CT molecular complexity index is 313. The van der Waals surface area contributed by atoms with Gasteiger partial charge in [-0.1, -0.05) is 6.42 Å². The first-order valence-electron chi connectivity index (χ1n) is 5.50. The van der Waals surface area contributed by atoms with E-state index >= 15 is 0 Å². The number of alkyl halides is 1. The van der Waals surface area contributed by atoms with Crippen molar-refractivity contribution in [1.82, 2.24) is 9.88 Å². The molecule has 0 spiro atoms. The molecule has 2 heterocycles. The zero-order valence-electron chi connectivity index (χ0n) is 9.08. The fraction of sp³-hybridized carbons (Fsp3) is 0.727. The van der Waals surface area contributed by atoms with Crippen molar-refractivity contribution in [2.45, 2.75) is 38.8 Å². The average Bonchev–Trinajstić information content (AvgIpc) is 2.65. The van der Waals surface area contributed by atoms with Crippen LogP contribution in [0.1, 0.15) is 30.0 Å². The van der Waals surface area contributed by atoms with Crippen molar-refractivity contribution < 1.29 is 0 Å². The number of piperidine rings is 1. The number of nitrogens with zero attached hydrogens (tertiary/aromatic N) is 2. The number of hydrogen-bond donors (Lipinski definition) is 0. The second kappa shape index (κ2) is 5.28. The van der Waals surface area contributed by atoms with Crippen LogP contribution in [0.2, 0.25) is 0 Å². The number of thiazole rings is 1. The van der Waals surface area contributed by atoms with Crippen molar-refractivity contribution in [3.8, 4) is 0 Å². The highest BCUT2D eigenvalue weighted by molar-refractivity contribution is 7.09. The summed E-state index contributed by atoms with van der Waals surface area (Å²) in [6, 6.07) is 0.558. The Hall–Kier alpha value is -0.120. The van der Waals surface area contributed by atoms with Crippen LogP contribution in [-0.4, -0.2) is 28.4 Å². The summed E-state index contributed by atoms with van der Waals surface area (Å²) in [6.07, 6.45) is 3.87. The normalized spacial score (nSPS) is 23.2. The average molecular weight is 245 g/mol. The van der Waals surface area contributed by atoms with E-state index in [0.717, 1.165) is 17.4 Å². The second-order valence-electron chi connectivity index (χ2n) is 4.13. The van der Waals surface area contributed by atoms with Gasteiger partial charge in [0.05, 0.1) is 10.7 Å². The summed E-state index contributed by atoms with van der Waals surface area (Å²) in [5.41, 5.74) is 1.20. The van der Waals surface area contributed by atoms with Crippen molar-refractivity contribution in [1.29, 1.82) is 0 Å². The van der Waals surface area contributed by atoms with E-state index in [0.29, 0.717) is 6.04 Å². The summed E-state index contributed by atoms with van der Waals surface area (Å²) >= 11 is 7.72. The van der Waals surface area contributed by atoms with Gasteiger partial charge in [-0.05, 0) is 26.3 Å². The summed E-state index contributed by atoms with van der Waals surface area (Å²) in [5, 5.41) is 3.32. The molecule has 84 valence electrons. The summed E-state index contributed by atoms with van der Waals surface area (Å²) < 4.78 is 0. The van der Waals surface area contributed by atoms with Crippen LogP contribution in [0.4, 0.5) is 0 Å². The number of aromatic nitrogens is 1. The first-order chi connectivity index (χ1) is 7.29. The monoisotopic (exact) mass is 244 g/mol. The van der Waals surface area contributed by atoms with E-state index < -0.39 is 0 Å². The predicted molar refractivity (Wildman–Crippen MR) is 65.6 cm³/mol. The highest BCUT2D eigenvalue weighted by Gasteiger charge is 2.21. The minimum absolute atomic E-state index is 0.558. The molecule has 2 nitrogen and oxygen atoms in total. The van der Waals surface area contributed by atoms with Crippen molar-refractivity contribution in [3.63, 3.8) is 0 Å². The Balaban J connectivity index is 1.97. The number of rotatable bonds is 3. The van der Waals surface area contributed by atoms with Gasteiger partial charge in [-0.15, -0.1) is 22.9 Å². The summed E-state index contributed by atoms with van der Waals surface area (Å²) in [5.74, 6) is 0.753. The fourth-order valence-corrected chi connectivity index (χ4v) is 3.09. The largest absolute Gasteiger partial charge is 0.293 e. The Morgan fingerprint density at radius 3 is 3.13 bits per heavy atom. The van der Waals surface area contributed by atoms with Crippen molar-refractivity contribution in [2.24, 2.45) is 0 Å². The van der Waals surface area contributed by atoms with Gasteiger partial charge in [0, 0.05) is 23.8 Å². The molecule has 1 atom stereocenters. The topological polar surface area (TPSA) is 16.1 Å². The molecule has 15 heavy (non-hydrogen) atoms. The zero-order valence-corrected chi connectivity index (χ0v) is 10.7. The van der Waals surface area contributed by atoms with Crippen LogP contribution in [0.5, 0.6) is 0 Å². The van der Waals surface area contributed by atoms with Crippen molar-refractivity contribution in [2.75, 3.05) is 12.4 Å². The molecule has 1 unspecified atom stereocenters. The lowest BCUT2D eigenvalue weighted by Crippen LogP contribution is -2.40. The molecule has 0 aliphatic carbocycles. The van der Waals surface area contributed by atoms with E-state index in [2.05, 4.69) is 22.2 Å². The Labute approximate surface area is 100 Å². The Morgan fingerprint density at radius 1 is 1.60 bits per heavy atom. The van der Waals surface area contributed by atoms with Gasteiger partial charge in [-0.3, -0.25) is 4.90 Å². The molecule has 0 bridgehead atoms. The first-order valence-corrected chi connectivity index (χ1v) is 6.92. The Kier molecular flexibility index (Phi) is 4.00. The maximum absolute atomic E-state index is 5.99. The van der Waals surface area contributed by atoms with Gasteiger partial charge in [0.1, 0.15) is 0 Å². The summed E-state index contributed by atoms with van der Waals surface area (Å²) in [4.78, 5) is 6.98. The molecule has 0 N–H and O–H groups in total. The van der Waals surface area contributed by atoms with Crippen LogP contribution in [0.15, 0.2) is 5.38 Å². The molecule has 0 amide bonds. The van der Waals surface area contributed by atoms with Crippen LogP contribution < -0.4 is 0 Å². The van der Waals surface area contributed by atoms with Crippen LogP contribution in [-0.2, 0) is 6.54 Å². The van der Waals surface area contributed by atoms with Gasteiger partial charge < -0.3 is 0 Å². The molecule has 1 aromatic rings. The SMILES string of the molecule is Cc1nc(CN2CCCCC2CCl)cs1. The van der Waals surface area contributed by atoms with Gasteiger partial charge in [0.15, 0.2) is 0 Å². The van der Waals surface area contributed by atoms with Gasteiger partial charge >= 0.3 is 0 Å². The smallest absolute Gasteiger partial charge is 0.0897 e. The summed E-state index contributed by atoms with van der Waals surface area (Å²) in [6.45, 7) is 4.21. The van der Waals surface area contributed by atoms with Crippen LogP contribution in [0.25, 0.3) is 0 Å². The molecule has 1 aliphatic rings. The lowest BCUT2D eigenvalue weighted by Gasteiger charge is -2.33. The predicted octanol–water partition coefficient (Wildman–Crippen LogP) is 3.04. The zero-order chi connectivity index (χ0) is 10.7. The maximum atomic E-state index is 5.99. The van der Waals surface area contributed by atoms with E-state index in [9.17, 15) is 0 Å². The van der Waals surface area contributed by atoms with E-state index in [1.54, 1.807) is 11.3 Å². The third kappa shape index (κ3) is 2.92. The molecular weight excluding hydrogens is 228 g/mol. The molecule has 4 heteroatoms. The standard InChI is InChI=1S/C11H17ClN2S/c1-9-13-10(8-15-9)7-14-5-3-2-4-11(14)6-12/h8,11H,2-7H2,1H3. The number of likely N-dealkylation sites (tertiary alicyclic amines) is 1. The first kappa shape index (κ1) is 11.4. The number of halogens is 1. The van der Waals surface area contributed by atoms with Crippen molar-refractivity contribution in [3.05, 3.63) is 16.1 Å². The minimum atomic E-state index is 0.558. The molecule has 0 radical (unpaired) electrons. The van der Waals surface area contributed by atoms with Crippen molar-refractivity contribution >= 4 is 22.9 Å². The fourth-order valence-electron chi connectivity index (χ4n) is 2.13. The number of hydrogen-bond acceptors (Lipinski definition) is 3. The summed E-state index contributed by atoms with van der Waals surface area (Å²) in [7, 11) is 0. The van der Waals surface area contributed by atoms with Gasteiger partial charge in [0.25, 0.3) is 0 Å². The molecule has 0 aromatic carbocycles. The van der Waals surface area contributed by atoms with Gasteiger partial charge in [-0.25, -0.2) is 4.98 Å². The number of aryl methyl sites for hydroxylation is 1. The lowest BCUT2D eigenvalue weighted by atomic mass is 10.0.